The smallest absolute Gasteiger partial charge is 0.339 e. The van der Waals surface area contributed by atoms with Crippen LogP contribution in [0.4, 0.5) is 0 Å². The van der Waals surface area contributed by atoms with Crippen molar-refractivity contribution in [3.8, 4) is 0 Å². The van der Waals surface area contributed by atoms with Gasteiger partial charge in [-0.1, -0.05) is 38.1 Å². The lowest BCUT2D eigenvalue weighted by atomic mass is 10.0. The number of carbonyl (C=O) groups is 1. The second-order valence-electron chi connectivity index (χ2n) is 9.63. The van der Waals surface area contributed by atoms with Gasteiger partial charge < -0.3 is 4.74 Å². The van der Waals surface area contributed by atoms with E-state index < -0.39 is 15.8 Å². The zero-order valence-corrected chi connectivity index (χ0v) is 20.1. The van der Waals surface area contributed by atoms with E-state index in [4.69, 9.17) is 9.72 Å². The van der Waals surface area contributed by atoms with Gasteiger partial charge >= 0.3 is 5.97 Å². The summed E-state index contributed by atoms with van der Waals surface area (Å²) in [5, 5.41) is 5.28. The predicted molar refractivity (Wildman–Crippen MR) is 126 cm³/mol. The number of sulfone groups is 1. The van der Waals surface area contributed by atoms with Gasteiger partial charge in [-0.2, -0.15) is 5.10 Å². The van der Waals surface area contributed by atoms with Crippen molar-refractivity contribution in [3.05, 3.63) is 58.4 Å². The molecular weight excluding hydrogens is 438 g/mol. The van der Waals surface area contributed by atoms with Crippen molar-refractivity contribution in [3.63, 3.8) is 0 Å². The summed E-state index contributed by atoms with van der Waals surface area (Å²) in [5.74, 6) is 0.594. The number of carbonyl (C=O) groups excluding carboxylic acids is 1. The van der Waals surface area contributed by atoms with Crippen LogP contribution in [0, 0.1) is 6.92 Å². The van der Waals surface area contributed by atoms with Crippen molar-refractivity contribution >= 4 is 26.8 Å². The zero-order valence-electron chi connectivity index (χ0n) is 19.2. The number of aryl methyl sites for hydroxylation is 1. The third-order valence-corrected chi connectivity index (χ3v) is 8.39. The first-order valence-electron chi connectivity index (χ1n) is 11.6. The van der Waals surface area contributed by atoms with Crippen LogP contribution in [0.2, 0.25) is 0 Å². The molecule has 1 aliphatic heterocycles. The van der Waals surface area contributed by atoms with E-state index in [-0.39, 0.29) is 24.2 Å². The fourth-order valence-electron chi connectivity index (χ4n) is 4.53. The molecule has 5 rings (SSSR count). The highest BCUT2D eigenvalue weighted by Crippen LogP contribution is 2.41. The first-order valence-corrected chi connectivity index (χ1v) is 13.4. The molecule has 0 spiro atoms. The fourth-order valence-corrected chi connectivity index (χ4v) is 6.22. The summed E-state index contributed by atoms with van der Waals surface area (Å²) in [6.07, 6.45) is 2.60. The highest BCUT2D eigenvalue weighted by Gasteiger charge is 2.34. The molecular formula is C25H29N3O4S. The monoisotopic (exact) mass is 467 g/mol. The van der Waals surface area contributed by atoms with Crippen LogP contribution in [0.15, 0.2) is 30.3 Å². The Hall–Kier alpha value is -2.74. The normalized spacial score (nSPS) is 19.9. The van der Waals surface area contributed by atoms with Crippen LogP contribution in [0.5, 0.6) is 0 Å². The van der Waals surface area contributed by atoms with E-state index in [1.54, 1.807) is 4.68 Å². The maximum Gasteiger partial charge on any atom is 0.339 e. The summed E-state index contributed by atoms with van der Waals surface area (Å²) >= 11 is 0. The van der Waals surface area contributed by atoms with E-state index >= 15 is 0 Å². The minimum absolute atomic E-state index is 0.0602. The van der Waals surface area contributed by atoms with Crippen molar-refractivity contribution in [2.75, 3.05) is 11.5 Å². The van der Waals surface area contributed by atoms with Crippen LogP contribution < -0.4 is 0 Å². The maximum atomic E-state index is 13.2. The lowest BCUT2D eigenvalue weighted by Gasteiger charge is -2.12. The second-order valence-corrected chi connectivity index (χ2v) is 11.9. The molecule has 1 aliphatic carbocycles. The highest BCUT2D eigenvalue weighted by molar-refractivity contribution is 7.91. The third kappa shape index (κ3) is 4.40. The van der Waals surface area contributed by atoms with Crippen LogP contribution in [0.25, 0.3) is 11.0 Å². The van der Waals surface area contributed by atoms with E-state index in [0.29, 0.717) is 40.5 Å². The number of ether oxygens (including phenoxy) is 1. The van der Waals surface area contributed by atoms with E-state index in [1.807, 2.05) is 25.1 Å². The highest BCUT2D eigenvalue weighted by atomic mass is 32.2. The Balaban J connectivity index is 1.47. The van der Waals surface area contributed by atoms with Gasteiger partial charge in [0.15, 0.2) is 15.5 Å². The molecule has 1 aromatic carbocycles. The number of hydrogen-bond acceptors (Lipinski definition) is 6. The molecule has 8 heteroatoms. The molecule has 3 aromatic rings. The third-order valence-electron chi connectivity index (χ3n) is 6.64. The molecule has 2 fully saturated rings. The lowest BCUT2D eigenvalue weighted by Crippen LogP contribution is -2.14. The van der Waals surface area contributed by atoms with Crippen molar-refractivity contribution in [2.24, 2.45) is 0 Å². The number of rotatable bonds is 6. The SMILES string of the molecule is Cc1nn(C2CCS(=O)(=O)C2)c2nc(C3CC3)cc(C(=O)OCc3ccc(C(C)C)cc3)c12. The molecule has 2 aliphatic rings. The van der Waals surface area contributed by atoms with Crippen LogP contribution in [-0.4, -0.2) is 40.7 Å². The molecule has 1 unspecified atom stereocenters. The summed E-state index contributed by atoms with van der Waals surface area (Å²) in [4.78, 5) is 18.0. The topological polar surface area (TPSA) is 91.1 Å². The quantitative estimate of drug-likeness (QED) is 0.497. The van der Waals surface area contributed by atoms with Gasteiger partial charge in [-0.25, -0.2) is 22.9 Å². The van der Waals surface area contributed by atoms with Gasteiger partial charge in [-0.15, -0.1) is 0 Å². The Morgan fingerprint density at radius 2 is 1.91 bits per heavy atom. The molecule has 174 valence electrons. The Labute approximate surface area is 194 Å². The number of benzene rings is 1. The summed E-state index contributed by atoms with van der Waals surface area (Å²) in [5.41, 5.74) is 4.75. The van der Waals surface area contributed by atoms with Gasteiger partial charge in [0.25, 0.3) is 0 Å². The van der Waals surface area contributed by atoms with Crippen molar-refractivity contribution in [1.82, 2.24) is 14.8 Å². The van der Waals surface area contributed by atoms with Gasteiger partial charge in [0.1, 0.15) is 6.61 Å². The van der Waals surface area contributed by atoms with E-state index in [1.165, 1.54) is 5.56 Å². The number of fused-ring (bicyclic) bond motifs is 1. The molecule has 0 bridgehead atoms. The molecule has 0 amide bonds. The number of hydrogen-bond donors (Lipinski definition) is 0. The minimum Gasteiger partial charge on any atom is -0.457 e. The van der Waals surface area contributed by atoms with Gasteiger partial charge in [0, 0.05) is 11.6 Å². The van der Waals surface area contributed by atoms with Gasteiger partial charge in [-0.05, 0) is 49.3 Å². The Morgan fingerprint density at radius 3 is 2.52 bits per heavy atom. The Bertz CT molecular complexity index is 1320. The van der Waals surface area contributed by atoms with Crippen molar-refractivity contribution in [1.29, 1.82) is 0 Å². The fraction of sp³-hybridized carbons (Fsp3) is 0.480. The number of pyridine rings is 1. The molecule has 0 radical (unpaired) electrons. The maximum absolute atomic E-state index is 13.2. The standard InChI is InChI=1S/C25H29N3O4S/c1-15(2)18-6-4-17(5-7-18)13-32-25(29)21-12-22(19-8-9-19)26-24-23(21)16(3)27-28(24)20-10-11-33(30,31)14-20/h4-7,12,15,19-20H,8-11,13-14H2,1-3H3. The Kier molecular flexibility index (Phi) is 5.51. The second kappa shape index (κ2) is 8.24. The lowest BCUT2D eigenvalue weighted by molar-refractivity contribution is 0.0474. The van der Waals surface area contributed by atoms with E-state index in [0.717, 1.165) is 24.1 Å². The summed E-state index contributed by atoms with van der Waals surface area (Å²) in [6.45, 7) is 6.31. The minimum atomic E-state index is -3.07. The largest absolute Gasteiger partial charge is 0.457 e. The predicted octanol–water partition coefficient (Wildman–Crippen LogP) is 4.46. The molecule has 7 nitrogen and oxygen atoms in total. The average molecular weight is 468 g/mol. The molecule has 0 N–H and O–H groups in total. The number of aromatic nitrogens is 3. The van der Waals surface area contributed by atoms with Crippen molar-refractivity contribution < 1.29 is 17.9 Å². The number of esters is 1. The molecule has 3 heterocycles. The molecule has 2 aromatic heterocycles. The van der Waals surface area contributed by atoms with Gasteiger partial charge in [-0.3, -0.25) is 0 Å². The summed E-state index contributed by atoms with van der Waals surface area (Å²) in [6, 6.07) is 9.70. The van der Waals surface area contributed by atoms with E-state index in [9.17, 15) is 13.2 Å². The summed E-state index contributed by atoms with van der Waals surface area (Å²) < 4.78 is 31.5. The van der Waals surface area contributed by atoms with Crippen molar-refractivity contribution in [2.45, 2.75) is 64.5 Å². The number of nitrogens with zero attached hydrogens (tertiary/aromatic N) is 3. The van der Waals surface area contributed by atoms with E-state index in [2.05, 4.69) is 31.1 Å². The van der Waals surface area contributed by atoms with Gasteiger partial charge in [0.2, 0.25) is 0 Å². The van der Waals surface area contributed by atoms with Gasteiger partial charge in [0.05, 0.1) is 34.2 Å². The first-order chi connectivity index (χ1) is 15.7. The van der Waals surface area contributed by atoms with Crippen LogP contribution >= 0.6 is 0 Å². The zero-order chi connectivity index (χ0) is 23.3. The van der Waals surface area contributed by atoms with Crippen LogP contribution in [0.3, 0.4) is 0 Å². The molecule has 1 saturated heterocycles. The molecule has 1 atom stereocenters. The van der Waals surface area contributed by atoms with Crippen LogP contribution in [-0.2, 0) is 21.2 Å². The average Bonchev–Trinajstić information content (AvgIpc) is 3.50. The molecule has 33 heavy (non-hydrogen) atoms. The summed E-state index contributed by atoms with van der Waals surface area (Å²) in [7, 11) is -3.07. The van der Waals surface area contributed by atoms with Crippen LogP contribution in [0.1, 0.15) is 83.9 Å². The molecule has 1 saturated carbocycles. The Morgan fingerprint density at radius 1 is 1.18 bits per heavy atom. The first kappa shape index (κ1) is 22.1.